The van der Waals surface area contributed by atoms with Crippen molar-refractivity contribution in [2.45, 2.75) is 13.3 Å². The SMILES string of the molecule is CCN1CCN(CCNC(=NC)NCCc2ccc3c(c2)OCO3)CC1.I. The molecular formula is C19H32IN5O2. The van der Waals surface area contributed by atoms with E-state index in [1.807, 2.05) is 13.1 Å². The average molecular weight is 489 g/mol. The van der Waals surface area contributed by atoms with Crippen molar-refractivity contribution in [1.29, 1.82) is 0 Å². The van der Waals surface area contributed by atoms with Gasteiger partial charge >= 0.3 is 0 Å². The van der Waals surface area contributed by atoms with E-state index in [-0.39, 0.29) is 24.0 Å². The molecular weight excluding hydrogens is 457 g/mol. The van der Waals surface area contributed by atoms with Crippen LogP contribution in [0.2, 0.25) is 0 Å². The van der Waals surface area contributed by atoms with Crippen LogP contribution in [0.25, 0.3) is 0 Å². The van der Waals surface area contributed by atoms with Crippen LogP contribution >= 0.6 is 24.0 Å². The normalized spacial score (nSPS) is 17.5. The van der Waals surface area contributed by atoms with Gasteiger partial charge in [0, 0.05) is 52.9 Å². The Labute approximate surface area is 179 Å². The van der Waals surface area contributed by atoms with Gasteiger partial charge in [0.15, 0.2) is 17.5 Å². The molecule has 7 nitrogen and oxygen atoms in total. The summed E-state index contributed by atoms with van der Waals surface area (Å²) in [6.45, 7) is 11.2. The predicted octanol–water partition coefficient (Wildman–Crippen LogP) is 1.38. The van der Waals surface area contributed by atoms with Crippen LogP contribution in [0, 0.1) is 0 Å². The van der Waals surface area contributed by atoms with Crippen molar-refractivity contribution in [2.75, 3.05) is 66.2 Å². The number of ether oxygens (including phenoxy) is 2. The molecule has 2 aliphatic rings. The number of hydrogen-bond donors (Lipinski definition) is 2. The van der Waals surface area contributed by atoms with E-state index in [0.29, 0.717) is 6.79 Å². The highest BCUT2D eigenvalue weighted by atomic mass is 127. The molecule has 3 rings (SSSR count). The molecule has 1 fully saturated rings. The molecule has 1 aromatic rings. The van der Waals surface area contributed by atoms with Crippen molar-refractivity contribution in [1.82, 2.24) is 20.4 Å². The molecule has 1 aromatic carbocycles. The summed E-state index contributed by atoms with van der Waals surface area (Å²) in [7, 11) is 1.82. The van der Waals surface area contributed by atoms with Crippen LogP contribution in [0.1, 0.15) is 12.5 Å². The van der Waals surface area contributed by atoms with Crippen molar-refractivity contribution >= 4 is 29.9 Å². The molecule has 0 radical (unpaired) electrons. The zero-order chi connectivity index (χ0) is 18.2. The first-order chi connectivity index (χ1) is 12.8. The molecule has 8 heteroatoms. The van der Waals surface area contributed by atoms with Gasteiger partial charge in [-0.25, -0.2) is 0 Å². The Bertz CT molecular complexity index is 606. The van der Waals surface area contributed by atoms with Crippen LogP contribution < -0.4 is 20.1 Å². The Kier molecular flexibility index (Phi) is 9.43. The van der Waals surface area contributed by atoms with Gasteiger partial charge in [-0.1, -0.05) is 13.0 Å². The highest BCUT2D eigenvalue weighted by Gasteiger charge is 2.15. The molecule has 0 aliphatic carbocycles. The average Bonchev–Trinajstić information content (AvgIpc) is 3.15. The smallest absolute Gasteiger partial charge is 0.231 e. The molecule has 1 saturated heterocycles. The molecule has 2 N–H and O–H groups in total. The summed E-state index contributed by atoms with van der Waals surface area (Å²) in [5, 5.41) is 6.79. The first kappa shape index (κ1) is 22.0. The Morgan fingerprint density at radius 2 is 1.74 bits per heavy atom. The van der Waals surface area contributed by atoms with Crippen molar-refractivity contribution in [2.24, 2.45) is 4.99 Å². The maximum atomic E-state index is 5.43. The lowest BCUT2D eigenvalue weighted by Gasteiger charge is -2.34. The maximum Gasteiger partial charge on any atom is 0.231 e. The van der Waals surface area contributed by atoms with E-state index < -0.39 is 0 Å². The van der Waals surface area contributed by atoms with Gasteiger partial charge in [-0.05, 0) is 30.7 Å². The minimum atomic E-state index is 0. The van der Waals surface area contributed by atoms with Gasteiger partial charge in [-0.3, -0.25) is 9.89 Å². The fourth-order valence-corrected chi connectivity index (χ4v) is 3.30. The summed E-state index contributed by atoms with van der Waals surface area (Å²) in [6, 6.07) is 6.11. The van der Waals surface area contributed by atoms with E-state index in [9.17, 15) is 0 Å². The molecule has 0 saturated carbocycles. The maximum absolute atomic E-state index is 5.43. The van der Waals surface area contributed by atoms with Gasteiger partial charge < -0.3 is 25.0 Å². The quantitative estimate of drug-likeness (QED) is 0.343. The molecule has 0 aromatic heterocycles. The molecule has 0 bridgehead atoms. The van der Waals surface area contributed by atoms with Gasteiger partial charge in [0.05, 0.1) is 0 Å². The Morgan fingerprint density at radius 1 is 1.04 bits per heavy atom. The lowest BCUT2D eigenvalue weighted by Crippen LogP contribution is -2.49. The zero-order valence-electron chi connectivity index (χ0n) is 16.4. The van der Waals surface area contributed by atoms with Gasteiger partial charge in [0.2, 0.25) is 6.79 Å². The van der Waals surface area contributed by atoms with Crippen molar-refractivity contribution < 1.29 is 9.47 Å². The van der Waals surface area contributed by atoms with E-state index in [1.54, 1.807) is 0 Å². The predicted molar refractivity (Wildman–Crippen MR) is 120 cm³/mol. The number of aliphatic imine (C=N–C) groups is 1. The summed E-state index contributed by atoms with van der Waals surface area (Å²) in [5.41, 5.74) is 1.23. The van der Waals surface area contributed by atoms with Gasteiger partial charge in [0.25, 0.3) is 0 Å². The Hall–Kier alpha value is -1.26. The molecule has 0 spiro atoms. The second-order valence-electron chi connectivity index (χ2n) is 6.64. The van der Waals surface area contributed by atoms with Gasteiger partial charge in [0.1, 0.15) is 0 Å². The lowest BCUT2D eigenvalue weighted by atomic mass is 10.1. The van der Waals surface area contributed by atoms with Crippen molar-refractivity contribution in [3.63, 3.8) is 0 Å². The van der Waals surface area contributed by atoms with Crippen LogP contribution in [0.15, 0.2) is 23.2 Å². The van der Waals surface area contributed by atoms with E-state index in [0.717, 1.165) is 63.1 Å². The molecule has 27 heavy (non-hydrogen) atoms. The van der Waals surface area contributed by atoms with Crippen LogP contribution in [0.4, 0.5) is 0 Å². The lowest BCUT2D eigenvalue weighted by molar-refractivity contribution is 0.139. The Balaban J connectivity index is 0.00000261. The van der Waals surface area contributed by atoms with Crippen LogP contribution in [0.5, 0.6) is 11.5 Å². The monoisotopic (exact) mass is 489 g/mol. The summed E-state index contributed by atoms with van der Waals surface area (Å²) in [5.74, 6) is 2.53. The highest BCUT2D eigenvalue weighted by molar-refractivity contribution is 14.0. The van der Waals surface area contributed by atoms with E-state index in [1.165, 1.54) is 18.7 Å². The van der Waals surface area contributed by atoms with Crippen LogP contribution in [-0.2, 0) is 6.42 Å². The number of likely N-dealkylation sites (N-methyl/N-ethyl adjacent to an activating group) is 1. The Morgan fingerprint density at radius 3 is 2.48 bits per heavy atom. The minimum absolute atomic E-state index is 0. The molecule has 0 atom stereocenters. The second-order valence-corrected chi connectivity index (χ2v) is 6.64. The topological polar surface area (TPSA) is 61.4 Å². The summed E-state index contributed by atoms with van der Waals surface area (Å²) in [4.78, 5) is 9.32. The fourth-order valence-electron chi connectivity index (χ4n) is 3.30. The number of piperazine rings is 1. The first-order valence-electron chi connectivity index (χ1n) is 9.56. The van der Waals surface area contributed by atoms with Gasteiger partial charge in [-0.2, -0.15) is 0 Å². The van der Waals surface area contributed by atoms with E-state index in [4.69, 9.17) is 9.47 Å². The van der Waals surface area contributed by atoms with Crippen LogP contribution in [-0.4, -0.2) is 82.0 Å². The number of benzene rings is 1. The fraction of sp³-hybridized carbons (Fsp3) is 0.632. The third kappa shape index (κ3) is 6.69. The third-order valence-corrected chi connectivity index (χ3v) is 5.00. The summed E-state index contributed by atoms with van der Waals surface area (Å²) in [6.07, 6.45) is 0.913. The molecule has 152 valence electrons. The highest BCUT2D eigenvalue weighted by Crippen LogP contribution is 2.32. The van der Waals surface area contributed by atoms with Crippen molar-refractivity contribution in [3.05, 3.63) is 23.8 Å². The van der Waals surface area contributed by atoms with E-state index >= 15 is 0 Å². The molecule has 0 amide bonds. The third-order valence-electron chi connectivity index (χ3n) is 5.00. The largest absolute Gasteiger partial charge is 0.454 e. The first-order valence-corrected chi connectivity index (χ1v) is 9.56. The number of fused-ring (bicyclic) bond motifs is 1. The van der Waals surface area contributed by atoms with E-state index in [2.05, 4.69) is 44.5 Å². The molecule has 0 unspecified atom stereocenters. The number of rotatable bonds is 7. The van der Waals surface area contributed by atoms with Crippen molar-refractivity contribution in [3.8, 4) is 11.5 Å². The number of halogens is 1. The molecule has 2 aliphatic heterocycles. The second kappa shape index (κ2) is 11.6. The summed E-state index contributed by atoms with van der Waals surface area (Å²) >= 11 is 0. The summed E-state index contributed by atoms with van der Waals surface area (Å²) < 4.78 is 10.8. The number of guanidine groups is 1. The minimum Gasteiger partial charge on any atom is -0.454 e. The number of nitrogens with zero attached hydrogens (tertiary/aromatic N) is 3. The van der Waals surface area contributed by atoms with Gasteiger partial charge in [-0.15, -0.1) is 24.0 Å². The zero-order valence-corrected chi connectivity index (χ0v) is 18.7. The molecule has 2 heterocycles. The number of hydrogen-bond acceptors (Lipinski definition) is 5. The van der Waals surface area contributed by atoms with Crippen LogP contribution in [0.3, 0.4) is 0 Å². The number of nitrogens with one attached hydrogen (secondary N) is 2. The standard InChI is InChI=1S/C19H31N5O2.HI/c1-3-23-10-12-24(13-11-23)9-8-22-19(20-2)21-7-6-16-4-5-17-18(14-16)26-15-25-17;/h4-5,14H,3,6-13,15H2,1-2H3,(H2,20,21,22);1H.